The van der Waals surface area contributed by atoms with Gasteiger partial charge in [-0.1, -0.05) is 48.6 Å². The van der Waals surface area contributed by atoms with E-state index in [2.05, 4.69) is 40.5 Å². The lowest BCUT2D eigenvalue weighted by Crippen LogP contribution is -1.80. The van der Waals surface area contributed by atoms with Crippen molar-refractivity contribution in [3.05, 3.63) is 89.7 Å². The largest absolute Gasteiger partial charge is 0.277 e. The minimum absolute atomic E-state index is 0.245. The quantitative estimate of drug-likeness (QED) is 0.494. The minimum Gasteiger partial charge on any atom is -0.277 e. The Bertz CT molecular complexity index is 999. The number of nitrogens with one attached hydrogen (secondary N) is 1. The fourth-order valence-electron chi connectivity index (χ4n) is 2.72. The molecule has 2 nitrogen and oxygen atoms in total. The van der Waals surface area contributed by atoms with Crippen LogP contribution >= 0.6 is 0 Å². The van der Waals surface area contributed by atoms with E-state index < -0.39 is 0 Å². The number of aromatic nitrogens is 2. The third-order valence-electron chi connectivity index (χ3n) is 3.97. The first-order valence-corrected chi connectivity index (χ1v) is 7.77. The number of fused-ring (bicyclic) bond motifs is 1. The van der Waals surface area contributed by atoms with Crippen LogP contribution in [0.4, 0.5) is 4.39 Å². The number of hydrogen-bond acceptors (Lipinski definition) is 1. The Kier molecular flexibility index (Phi) is 3.67. The maximum absolute atomic E-state index is 13.1. The Balaban J connectivity index is 1.73. The molecule has 1 N–H and O–H groups in total. The zero-order valence-electron chi connectivity index (χ0n) is 12.9. The summed E-state index contributed by atoms with van der Waals surface area (Å²) in [7, 11) is 0. The van der Waals surface area contributed by atoms with Gasteiger partial charge in [0, 0.05) is 10.9 Å². The van der Waals surface area contributed by atoms with Gasteiger partial charge >= 0.3 is 0 Å². The average Bonchev–Trinajstić information content (AvgIpc) is 3.05. The summed E-state index contributed by atoms with van der Waals surface area (Å²) in [6.45, 7) is 0. The molecule has 0 radical (unpaired) electrons. The van der Waals surface area contributed by atoms with E-state index in [9.17, 15) is 4.39 Å². The van der Waals surface area contributed by atoms with Crippen molar-refractivity contribution in [1.82, 2.24) is 10.2 Å². The fourth-order valence-corrected chi connectivity index (χ4v) is 2.72. The topological polar surface area (TPSA) is 28.7 Å². The van der Waals surface area contributed by atoms with Crippen LogP contribution in [0, 0.1) is 5.82 Å². The van der Waals surface area contributed by atoms with E-state index in [1.165, 1.54) is 12.1 Å². The normalized spacial score (nSPS) is 11.4. The lowest BCUT2D eigenvalue weighted by molar-refractivity contribution is 0.628. The molecule has 0 fully saturated rings. The van der Waals surface area contributed by atoms with Crippen molar-refractivity contribution in [2.24, 2.45) is 0 Å². The molecule has 4 rings (SSSR count). The molecule has 1 heterocycles. The van der Waals surface area contributed by atoms with Crippen molar-refractivity contribution in [3.63, 3.8) is 0 Å². The van der Waals surface area contributed by atoms with Crippen LogP contribution in [-0.4, -0.2) is 10.2 Å². The highest BCUT2D eigenvalue weighted by atomic mass is 19.1. The molecule has 0 atom stereocenters. The lowest BCUT2D eigenvalue weighted by atomic mass is 10.0. The first kappa shape index (κ1) is 14.4. The van der Waals surface area contributed by atoms with Gasteiger partial charge < -0.3 is 0 Å². The molecule has 0 aliphatic heterocycles. The molecule has 3 heteroatoms. The molecule has 3 aromatic carbocycles. The van der Waals surface area contributed by atoms with Crippen LogP contribution in [0.15, 0.2) is 72.8 Å². The van der Waals surface area contributed by atoms with Gasteiger partial charge in [-0.15, -0.1) is 0 Å². The first-order valence-electron chi connectivity index (χ1n) is 7.77. The molecule has 4 aromatic rings. The van der Waals surface area contributed by atoms with Gasteiger partial charge in [0.2, 0.25) is 0 Å². The number of aromatic amines is 1. The first-order chi connectivity index (χ1) is 11.8. The summed E-state index contributed by atoms with van der Waals surface area (Å²) < 4.78 is 13.1. The number of benzene rings is 3. The standard InChI is InChI=1S/C21H15FN2/c22-18-11-9-17(10-12-18)21-19-14-16(8-13-20(19)23-24-21)7-6-15-4-2-1-3-5-15/h1-14H,(H,23,24)/b7-6-. The summed E-state index contributed by atoms with van der Waals surface area (Å²) in [4.78, 5) is 0. The second-order valence-corrected chi connectivity index (χ2v) is 5.63. The third-order valence-corrected chi connectivity index (χ3v) is 3.97. The average molecular weight is 314 g/mol. The van der Waals surface area contributed by atoms with E-state index in [4.69, 9.17) is 0 Å². The van der Waals surface area contributed by atoms with Crippen LogP contribution in [0.3, 0.4) is 0 Å². The Morgan fingerprint density at radius 2 is 1.54 bits per heavy atom. The summed E-state index contributed by atoms with van der Waals surface area (Å²) in [5, 5.41) is 8.44. The zero-order valence-corrected chi connectivity index (χ0v) is 12.9. The maximum Gasteiger partial charge on any atom is 0.123 e. The number of halogens is 1. The highest BCUT2D eigenvalue weighted by Gasteiger charge is 2.08. The van der Waals surface area contributed by atoms with E-state index in [-0.39, 0.29) is 5.82 Å². The van der Waals surface area contributed by atoms with Gasteiger partial charge in [-0.25, -0.2) is 4.39 Å². The molecule has 0 spiro atoms. The van der Waals surface area contributed by atoms with Gasteiger partial charge in [-0.05, 0) is 47.5 Å². The lowest BCUT2D eigenvalue weighted by Gasteiger charge is -1.99. The predicted octanol–water partition coefficient (Wildman–Crippen LogP) is 5.54. The molecular weight excluding hydrogens is 299 g/mol. The molecule has 0 bridgehead atoms. The van der Waals surface area contributed by atoms with Crippen molar-refractivity contribution in [2.45, 2.75) is 0 Å². The predicted molar refractivity (Wildman–Crippen MR) is 96.9 cm³/mol. The number of rotatable bonds is 3. The van der Waals surface area contributed by atoms with Crippen molar-refractivity contribution < 1.29 is 4.39 Å². The van der Waals surface area contributed by atoms with Gasteiger partial charge in [-0.2, -0.15) is 5.10 Å². The third kappa shape index (κ3) is 2.84. The van der Waals surface area contributed by atoms with Crippen molar-refractivity contribution in [3.8, 4) is 11.3 Å². The molecule has 24 heavy (non-hydrogen) atoms. The number of H-pyrrole nitrogens is 1. The van der Waals surface area contributed by atoms with Gasteiger partial charge in [0.05, 0.1) is 11.2 Å². The van der Waals surface area contributed by atoms with Crippen molar-refractivity contribution in [1.29, 1.82) is 0 Å². The highest BCUT2D eigenvalue weighted by molar-refractivity contribution is 5.94. The van der Waals surface area contributed by atoms with Crippen LogP contribution in [0.1, 0.15) is 11.1 Å². The molecule has 0 unspecified atom stereocenters. The van der Waals surface area contributed by atoms with Crippen LogP contribution in [0.2, 0.25) is 0 Å². The van der Waals surface area contributed by atoms with Crippen LogP contribution in [0.5, 0.6) is 0 Å². The Morgan fingerprint density at radius 1 is 0.792 bits per heavy atom. The maximum atomic E-state index is 13.1. The smallest absolute Gasteiger partial charge is 0.123 e. The Morgan fingerprint density at radius 3 is 2.33 bits per heavy atom. The van der Waals surface area contributed by atoms with E-state index in [0.717, 1.165) is 33.3 Å². The van der Waals surface area contributed by atoms with E-state index in [1.807, 2.05) is 30.3 Å². The molecule has 0 aliphatic rings. The second-order valence-electron chi connectivity index (χ2n) is 5.63. The van der Waals surface area contributed by atoms with E-state index >= 15 is 0 Å². The molecule has 116 valence electrons. The molecule has 0 aliphatic carbocycles. The molecule has 1 aromatic heterocycles. The van der Waals surface area contributed by atoms with Crippen LogP contribution in [0.25, 0.3) is 34.3 Å². The molecule has 0 amide bonds. The second kappa shape index (κ2) is 6.13. The summed E-state index contributed by atoms with van der Waals surface area (Å²) >= 11 is 0. The van der Waals surface area contributed by atoms with E-state index in [1.54, 1.807) is 12.1 Å². The van der Waals surface area contributed by atoms with Crippen molar-refractivity contribution in [2.75, 3.05) is 0 Å². The monoisotopic (exact) mass is 314 g/mol. The SMILES string of the molecule is Fc1ccc(-c2n[nH]c3ccc(/C=C\c4ccccc4)cc23)cc1. The molecule has 0 saturated heterocycles. The highest BCUT2D eigenvalue weighted by Crippen LogP contribution is 2.27. The minimum atomic E-state index is -0.245. The summed E-state index contributed by atoms with van der Waals surface area (Å²) in [6.07, 6.45) is 4.16. The van der Waals surface area contributed by atoms with Crippen LogP contribution in [-0.2, 0) is 0 Å². The number of hydrogen-bond donors (Lipinski definition) is 1. The summed E-state index contributed by atoms with van der Waals surface area (Å²) in [6, 6.07) is 22.7. The Labute approximate surface area is 139 Å². The zero-order chi connectivity index (χ0) is 16.4. The molecule has 0 saturated carbocycles. The van der Waals surface area contributed by atoms with Gasteiger partial charge in [0.1, 0.15) is 5.82 Å². The van der Waals surface area contributed by atoms with Gasteiger partial charge in [-0.3, -0.25) is 5.10 Å². The van der Waals surface area contributed by atoms with Crippen LogP contribution < -0.4 is 0 Å². The van der Waals surface area contributed by atoms with Crippen molar-refractivity contribution >= 4 is 23.1 Å². The van der Waals surface area contributed by atoms with E-state index in [0.29, 0.717) is 0 Å². The Hall–Kier alpha value is -3.20. The molecular formula is C21H15FN2. The van der Waals surface area contributed by atoms with Gasteiger partial charge in [0.15, 0.2) is 0 Å². The fraction of sp³-hybridized carbons (Fsp3) is 0. The van der Waals surface area contributed by atoms with Gasteiger partial charge in [0.25, 0.3) is 0 Å². The summed E-state index contributed by atoms with van der Waals surface area (Å²) in [5.74, 6) is -0.245. The summed E-state index contributed by atoms with van der Waals surface area (Å²) in [5.41, 5.74) is 4.94. The number of nitrogens with zero attached hydrogens (tertiary/aromatic N) is 1.